The summed E-state index contributed by atoms with van der Waals surface area (Å²) in [6, 6.07) is 3.59. The van der Waals surface area contributed by atoms with E-state index in [2.05, 4.69) is 18.7 Å². The molecule has 1 aromatic heterocycles. The summed E-state index contributed by atoms with van der Waals surface area (Å²) in [5, 5.41) is 0. The summed E-state index contributed by atoms with van der Waals surface area (Å²) in [5.74, 6) is 0.176. The van der Waals surface area contributed by atoms with Gasteiger partial charge in [0.25, 0.3) is 0 Å². The second-order valence-electron chi connectivity index (χ2n) is 3.75. The molecule has 0 spiro atoms. The van der Waals surface area contributed by atoms with Gasteiger partial charge in [-0.15, -0.1) is 11.3 Å². The van der Waals surface area contributed by atoms with Gasteiger partial charge in [0.15, 0.2) is 5.78 Å². The van der Waals surface area contributed by atoms with Crippen molar-refractivity contribution in [3.8, 4) is 0 Å². The van der Waals surface area contributed by atoms with Crippen molar-refractivity contribution in [3.63, 3.8) is 0 Å². The first-order valence-electron chi connectivity index (χ1n) is 5.68. The molecule has 0 unspecified atom stereocenters. The van der Waals surface area contributed by atoms with Crippen LogP contribution in [0.25, 0.3) is 0 Å². The molecule has 0 aliphatic carbocycles. The van der Waals surface area contributed by atoms with Gasteiger partial charge in [0.1, 0.15) is 0 Å². The minimum Gasteiger partial charge on any atom is -0.296 e. The number of halogens is 1. The monoisotopic (exact) mass is 259 g/mol. The van der Waals surface area contributed by atoms with Crippen LogP contribution in [0.1, 0.15) is 36.4 Å². The minimum atomic E-state index is 0.176. The third kappa shape index (κ3) is 4.24. The number of Topliss-reactive ketones (excluding diaryl/α,β-unsaturated/α-hetero) is 1. The molecule has 0 saturated carbocycles. The number of rotatable bonds is 7. The Bertz CT molecular complexity index is 338. The number of hydrogen-bond donors (Lipinski definition) is 0. The molecule has 0 atom stereocenters. The van der Waals surface area contributed by atoms with Crippen molar-refractivity contribution < 1.29 is 4.79 Å². The largest absolute Gasteiger partial charge is 0.296 e. The van der Waals surface area contributed by atoms with Gasteiger partial charge in [-0.3, -0.25) is 9.69 Å². The Morgan fingerprint density at radius 1 is 1.44 bits per heavy atom. The van der Waals surface area contributed by atoms with Crippen molar-refractivity contribution in [3.05, 3.63) is 21.3 Å². The fourth-order valence-electron chi connectivity index (χ4n) is 1.48. The van der Waals surface area contributed by atoms with E-state index >= 15 is 0 Å². The number of thiophene rings is 1. The van der Waals surface area contributed by atoms with Gasteiger partial charge in [-0.25, -0.2) is 0 Å². The molecule has 0 bridgehead atoms. The number of carbonyl (C=O) groups is 1. The van der Waals surface area contributed by atoms with Crippen molar-refractivity contribution in [1.29, 1.82) is 0 Å². The lowest BCUT2D eigenvalue weighted by Gasteiger charge is -2.18. The SMILES string of the molecule is CCCCN(CC)CC(=O)c1ccc(Cl)s1. The summed E-state index contributed by atoms with van der Waals surface area (Å²) in [7, 11) is 0. The first kappa shape index (κ1) is 13.7. The van der Waals surface area contributed by atoms with Crippen LogP contribution in [-0.4, -0.2) is 30.3 Å². The summed E-state index contributed by atoms with van der Waals surface area (Å²) in [6.45, 7) is 6.68. The zero-order valence-corrected chi connectivity index (χ0v) is 11.4. The predicted octanol–water partition coefficient (Wildman–Crippen LogP) is 3.71. The smallest absolute Gasteiger partial charge is 0.186 e. The van der Waals surface area contributed by atoms with Gasteiger partial charge in [0.2, 0.25) is 0 Å². The number of hydrogen-bond acceptors (Lipinski definition) is 3. The Kier molecular flexibility index (Phi) is 6.03. The van der Waals surface area contributed by atoms with Gasteiger partial charge in [-0.1, -0.05) is 31.9 Å². The van der Waals surface area contributed by atoms with Crippen molar-refractivity contribution in [2.75, 3.05) is 19.6 Å². The maximum atomic E-state index is 11.9. The molecule has 0 aromatic carbocycles. The van der Waals surface area contributed by atoms with Crippen molar-refractivity contribution in [2.45, 2.75) is 26.7 Å². The van der Waals surface area contributed by atoms with E-state index in [1.807, 2.05) is 6.07 Å². The first-order chi connectivity index (χ1) is 7.67. The van der Waals surface area contributed by atoms with E-state index in [4.69, 9.17) is 11.6 Å². The molecular formula is C12H18ClNOS. The molecule has 2 nitrogen and oxygen atoms in total. The quantitative estimate of drug-likeness (QED) is 0.696. The molecule has 1 heterocycles. The molecule has 90 valence electrons. The molecule has 0 fully saturated rings. The average Bonchev–Trinajstić information content (AvgIpc) is 2.70. The molecule has 1 aromatic rings. The number of carbonyl (C=O) groups excluding carboxylic acids is 1. The van der Waals surface area contributed by atoms with E-state index in [1.165, 1.54) is 11.3 Å². The second-order valence-corrected chi connectivity index (χ2v) is 5.46. The van der Waals surface area contributed by atoms with Crippen LogP contribution in [0.15, 0.2) is 12.1 Å². The van der Waals surface area contributed by atoms with Crippen molar-refractivity contribution >= 4 is 28.7 Å². The molecule has 0 N–H and O–H groups in total. The lowest BCUT2D eigenvalue weighted by Crippen LogP contribution is -2.30. The molecule has 0 saturated heterocycles. The van der Waals surface area contributed by atoms with Crippen LogP contribution >= 0.6 is 22.9 Å². The lowest BCUT2D eigenvalue weighted by molar-refractivity contribution is 0.0937. The van der Waals surface area contributed by atoms with E-state index in [0.717, 1.165) is 30.8 Å². The lowest BCUT2D eigenvalue weighted by atomic mass is 10.2. The van der Waals surface area contributed by atoms with Gasteiger partial charge in [-0.05, 0) is 31.6 Å². The first-order valence-corrected chi connectivity index (χ1v) is 6.87. The van der Waals surface area contributed by atoms with E-state index in [1.54, 1.807) is 6.07 Å². The van der Waals surface area contributed by atoms with E-state index in [0.29, 0.717) is 10.9 Å². The van der Waals surface area contributed by atoms with E-state index < -0.39 is 0 Å². The van der Waals surface area contributed by atoms with E-state index in [-0.39, 0.29) is 5.78 Å². The molecule has 4 heteroatoms. The summed E-state index contributed by atoms with van der Waals surface area (Å²) >= 11 is 7.17. The van der Waals surface area contributed by atoms with Crippen LogP contribution in [0, 0.1) is 0 Å². The molecule has 1 rings (SSSR count). The fourth-order valence-corrected chi connectivity index (χ4v) is 2.45. The van der Waals surface area contributed by atoms with Gasteiger partial charge in [0.05, 0.1) is 15.8 Å². The highest BCUT2D eigenvalue weighted by Gasteiger charge is 2.12. The molecule has 0 radical (unpaired) electrons. The Morgan fingerprint density at radius 2 is 2.19 bits per heavy atom. The summed E-state index contributed by atoms with van der Waals surface area (Å²) in [5.41, 5.74) is 0. The Morgan fingerprint density at radius 3 is 2.69 bits per heavy atom. The number of nitrogens with zero attached hydrogens (tertiary/aromatic N) is 1. The molecule has 0 aliphatic heterocycles. The van der Waals surface area contributed by atoms with E-state index in [9.17, 15) is 4.79 Å². The molecule has 0 aliphatic rings. The van der Waals surface area contributed by atoms with Gasteiger partial charge < -0.3 is 0 Å². The van der Waals surface area contributed by atoms with Crippen molar-refractivity contribution in [1.82, 2.24) is 4.90 Å². The van der Waals surface area contributed by atoms with Crippen LogP contribution < -0.4 is 0 Å². The summed E-state index contributed by atoms with van der Waals surface area (Å²) in [6.07, 6.45) is 2.31. The normalized spacial score (nSPS) is 11.0. The summed E-state index contributed by atoms with van der Waals surface area (Å²) in [4.78, 5) is 14.8. The highest BCUT2D eigenvalue weighted by Crippen LogP contribution is 2.21. The Hall–Kier alpha value is -0.380. The molecular weight excluding hydrogens is 242 g/mol. The highest BCUT2D eigenvalue weighted by molar-refractivity contribution is 7.18. The van der Waals surface area contributed by atoms with Crippen LogP contribution in [0.4, 0.5) is 0 Å². The predicted molar refractivity (Wildman–Crippen MR) is 70.7 cm³/mol. The maximum Gasteiger partial charge on any atom is 0.186 e. The maximum absolute atomic E-state index is 11.9. The highest BCUT2D eigenvalue weighted by atomic mass is 35.5. The number of unbranched alkanes of at least 4 members (excludes halogenated alkanes) is 1. The minimum absolute atomic E-state index is 0.176. The van der Waals surface area contributed by atoms with Crippen LogP contribution in [-0.2, 0) is 0 Å². The molecule has 16 heavy (non-hydrogen) atoms. The van der Waals surface area contributed by atoms with Gasteiger partial charge >= 0.3 is 0 Å². The summed E-state index contributed by atoms with van der Waals surface area (Å²) < 4.78 is 0.681. The number of ketones is 1. The second kappa shape index (κ2) is 7.05. The van der Waals surface area contributed by atoms with Crippen LogP contribution in [0.3, 0.4) is 0 Å². The third-order valence-corrected chi connectivity index (χ3v) is 3.76. The standard InChI is InChI=1S/C12H18ClNOS/c1-3-5-8-14(4-2)9-10(15)11-6-7-12(13)16-11/h6-7H,3-5,8-9H2,1-2H3. The zero-order valence-electron chi connectivity index (χ0n) is 9.83. The Balaban J connectivity index is 2.48. The third-order valence-electron chi connectivity index (χ3n) is 2.49. The van der Waals surface area contributed by atoms with Gasteiger partial charge in [0, 0.05) is 0 Å². The topological polar surface area (TPSA) is 20.3 Å². The van der Waals surface area contributed by atoms with Crippen LogP contribution in [0.2, 0.25) is 4.34 Å². The zero-order chi connectivity index (χ0) is 12.0. The fraction of sp³-hybridized carbons (Fsp3) is 0.583. The van der Waals surface area contributed by atoms with Crippen LogP contribution in [0.5, 0.6) is 0 Å². The number of likely N-dealkylation sites (N-methyl/N-ethyl adjacent to an activating group) is 1. The molecule has 0 amide bonds. The van der Waals surface area contributed by atoms with Gasteiger partial charge in [-0.2, -0.15) is 0 Å². The Labute approximate surface area is 106 Å². The van der Waals surface area contributed by atoms with Crippen molar-refractivity contribution in [2.24, 2.45) is 0 Å². The average molecular weight is 260 g/mol.